The van der Waals surface area contributed by atoms with Gasteiger partial charge >= 0.3 is 11.9 Å². The molecule has 1 fully saturated rings. The highest BCUT2D eigenvalue weighted by Gasteiger charge is 2.19. The summed E-state index contributed by atoms with van der Waals surface area (Å²) in [6, 6.07) is 0. The molecule has 4 heteroatoms. The first-order valence-electron chi connectivity index (χ1n) is 3.08. The predicted octanol–water partition coefficient (Wildman–Crippen LogP) is 0.626. The van der Waals surface area contributed by atoms with E-state index in [1.807, 2.05) is 0 Å². The van der Waals surface area contributed by atoms with Crippen LogP contribution in [-0.4, -0.2) is 19.0 Å². The molecule has 1 heterocycles. The minimum Gasteiger partial charge on any atom is -0.505 e. The summed E-state index contributed by atoms with van der Waals surface area (Å²) in [7, 11) is 1.56. The van der Waals surface area contributed by atoms with E-state index in [9.17, 15) is 9.59 Å². The van der Waals surface area contributed by atoms with Crippen molar-refractivity contribution in [2.45, 2.75) is 12.8 Å². The third kappa shape index (κ3) is 5.14. The molecule has 0 radical (unpaired) electrons. The van der Waals surface area contributed by atoms with Crippen LogP contribution in [0.15, 0.2) is 12.8 Å². The first-order valence-corrected chi connectivity index (χ1v) is 3.08. The maximum atomic E-state index is 10.0. The average molecular weight is 158 g/mol. The fourth-order valence-electron chi connectivity index (χ4n) is 0.433. The van der Waals surface area contributed by atoms with Crippen LogP contribution in [0.3, 0.4) is 0 Å². The molecule has 0 unspecified atom stereocenters. The summed E-state index contributed by atoms with van der Waals surface area (Å²) in [5.41, 5.74) is 0. The molecule has 0 saturated carbocycles. The van der Waals surface area contributed by atoms with E-state index < -0.39 is 11.9 Å². The summed E-state index contributed by atoms with van der Waals surface area (Å²) in [5, 5.41) is 0. The van der Waals surface area contributed by atoms with Gasteiger partial charge in [-0.25, -0.2) is 0 Å². The number of carbonyl (C=O) groups is 2. The van der Waals surface area contributed by atoms with Gasteiger partial charge < -0.3 is 9.47 Å². The third-order valence-electron chi connectivity index (χ3n) is 0.928. The Kier molecular flexibility index (Phi) is 4.81. The van der Waals surface area contributed by atoms with Gasteiger partial charge in [-0.15, -0.1) is 0 Å². The van der Waals surface area contributed by atoms with Crippen LogP contribution in [0.5, 0.6) is 0 Å². The van der Waals surface area contributed by atoms with Gasteiger partial charge in [0, 0.05) is 0 Å². The second kappa shape index (κ2) is 5.46. The summed E-state index contributed by atoms with van der Waals surface area (Å²) >= 11 is 0. The predicted molar refractivity (Wildman–Crippen MR) is 37.5 cm³/mol. The molecule has 1 aliphatic heterocycles. The fourth-order valence-corrected chi connectivity index (χ4v) is 0.433. The molecule has 1 rings (SSSR count). The molecule has 0 aromatic rings. The minimum absolute atomic E-state index is 0.263. The number of cyclic esters (lactones) is 2. The molecule has 0 atom stereocenters. The summed E-state index contributed by atoms with van der Waals surface area (Å²) in [5.74, 6) is -0.796. The Balaban J connectivity index is 0.000000218. The van der Waals surface area contributed by atoms with Crippen LogP contribution in [0.25, 0.3) is 0 Å². The maximum Gasteiger partial charge on any atom is 0.314 e. The molecular weight excluding hydrogens is 148 g/mol. The quantitative estimate of drug-likeness (QED) is 0.319. The normalized spacial score (nSPS) is 14.6. The van der Waals surface area contributed by atoms with E-state index in [0.717, 1.165) is 0 Å². The van der Waals surface area contributed by atoms with Crippen molar-refractivity contribution in [2.75, 3.05) is 7.11 Å². The summed E-state index contributed by atoms with van der Waals surface area (Å²) in [4.78, 5) is 20.0. The van der Waals surface area contributed by atoms with E-state index in [1.165, 1.54) is 6.26 Å². The number of ether oxygens (including phenoxy) is 2. The van der Waals surface area contributed by atoms with Crippen LogP contribution in [0.2, 0.25) is 0 Å². The first kappa shape index (κ1) is 9.68. The monoisotopic (exact) mass is 158 g/mol. The lowest BCUT2D eigenvalue weighted by Crippen LogP contribution is -1.94. The summed E-state index contributed by atoms with van der Waals surface area (Å²) in [6.07, 6.45) is 1.90. The molecule has 1 saturated heterocycles. The van der Waals surface area contributed by atoms with Gasteiger partial charge in [-0.1, -0.05) is 6.58 Å². The van der Waals surface area contributed by atoms with Crippen molar-refractivity contribution < 1.29 is 19.1 Å². The van der Waals surface area contributed by atoms with Gasteiger partial charge in [-0.3, -0.25) is 9.59 Å². The Bertz CT molecular complexity index is 148. The molecule has 0 N–H and O–H groups in total. The van der Waals surface area contributed by atoms with Crippen LogP contribution in [0.1, 0.15) is 12.8 Å². The first-order chi connectivity index (χ1) is 5.20. The number of hydrogen-bond acceptors (Lipinski definition) is 4. The number of esters is 2. The van der Waals surface area contributed by atoms with Crippen LogP contribution in [0, 0.1) is 0 Å². The molecule has 4 nitrogen and oxygen atoms in total. The Morgan fingerprint density at radius 2 is 1.82 bits per heavy atom. The van der Waals surface area contributed by atoms with Crippen molar-refractivity contribution in [3.05, 3.63) is 12.8 Å². The van der Waals surface area contributed by atoms with Gasteiger partial charge in [-0.2, -0.15) is 0 Å². The highest BCUT2D eigenvalue weighted by Crippen LogP contribution is 2.03. The maximum absolute atomic E-state index is 10.0. The van der Waals surface area contributed by atoms with E-state index in [4.69, 9.17) is 0 Å². The molecule has 0 aromatic heterocycles. The topological polar surface area (TPSA) is 52.6 Å². The van der Waals surface area contributed by atoms with Gasteiger partial charge in [0.25, 0.3) is 0 Å². The second-order valence-electron chi connectivity index (χ2n) is 1.75. The molecule has 0 spiro atoms. The number of rotatable bonds is 1. The smallest absolute Gasteiger partial charge is 0.314 e. The average Bonchev–Trinajstić information content (AvgIpc) is 2.35. The van der Waals surface area contributed by atoms with E-state index in [-0.39, 0.29) is 12.8 Å². The molecular formula is C7H10O4. The zero-order valence-corrected chi connectivity index (χ0v) is 6.33. The van der Waals surface area contributed by atoms with E-state index in [1.54, 1.807) is 7.11 Å². The Hall–Kier alpha value is -1.32. The Morgan fingerprint density at radius 1 is 1.45 bits per heavy atom. The molecule has 0 aromatic carbocycles. The Morgan fingerprint density at radius 3 is 1.91 bits per heavy atom. The van der Waals surface area contributed by atoms with Crippen LogP contribution < -0.4 is 0 Å². The second-order valence-corrected chi connectivity index (χ2v) is 1.75. The lowest BCUT2D eigenvalue weighted by molar-refractivity contribution is -0.151. The van der Waals surface area contributed by atoms with Gasteiger partial charge in [0.15, 0.2) is 0 Å². The van der Waals surface area contributed by atoms with E-state index >= 15 is 0 Å². The highest BCUT2D eigenvalue weighted by molar-refractivity contribution is 5.92. The SMILES string of the molecule is C=COC.O=C1CCC(=O)O1. The minimum atomic E-state index is -0.398. The zero-order valence-electron chi connectivity index (χ0n) is 6.33. The van der Waals surface area contributed by atoms with Gasteiger partial charge in [0.1, 0.15) is 0 Å². The molecule has 0 aliphatic carbocycles. The van der Waals surface area contributed by atoms with Crippen LogP contribution >= 0.6 is 0 Å². The molecule has 0 bridgehead atoms. The van der Waals surface area contributed by atoms with Crippen LogP contribution in [0.4, 0.5) is 0 Å². The largest absolute Gasteiger partial charge is 0.505 e. The van der Waals surface area contributed by atoms with E-state index in [2.05, 4.69) is 16.1 Å². The zero-order chi connectivity index (χ0) is 8.69. The number of hydrogen-bond donors (Lipinski definition) is 0. The standard InChI is InChI=1S/C4H4O3.C3H6O/c5-3-1-2-4(6)7-3;1-3-4-2/h1-2H2;3H,1H2,2H3. The molecule has 0 amide bonds. The molecule has 1 aliphatic rings. The van der Waals surface area contributed by atoms with Crippen molar-refractivity contribution >= 4 is 11.9 Å². The highest BCUT2D eigenvalue weighted by atomic mass is 16.6. The number of methoxy groups -OCH3 is 1. The Labute approximate surface area is 64.8 Å². The van der Waals surface area contributed by atoms with Gasteiger partial charge in [-0.05, 0) is 0 Å². The van der Waals surface area contributed by atoms with Crippen molar-refractivity contribution in [3.63, 3.8) is 0 Å². The lowest BCUT2D eigenvalue weighted by Gasteiger charge is -1.79. The van der Waals surface area contributed by atoms with Crippen molar-refractivity contribution in [1.29, 1.82) is 0 Å². The van der Waals surface area contributed by atoms with E-state index in [0.29, 0.717) is 0 Å². The third-order valence-corrected chi connectivity index (χ3v) is 0.928. The van der Waals surface area contributed by atoms with Gasteiger partial charge in [0.2, 0.25) is 0 Å². The number of carbonyl (C=O) groups excluding carboxylic acids is 2. The molecule has 11 heavy (non-hydrogen) atoms. The lowest BCUT2D eigenvalue weighted by atomic mass is 10.4. The molecule has 62 valence electrons. The van der Waals surface area contributed by atoms with Crippen molar-refractivity contribution in [2.24, 2.45) is 0 Å². The van der Waals surface area contributed by atoms with Gasteiger partial charge in [0.05, 0.1) is 26.2 Å². The van der Waals surface area contributed by atoms with Crippen LogP contribution in [-0.2, 0) is 19.1 Å². The summed E-state index contributed by atoms with van der Waals surface area (Å²) < 4.78 is 8.39. The fraction of sp³-hybridized carbons (Fsp3) is 0.429. The van der Waals surface area contributed by atoms with Crippen molar-refractivity contribution in [3.8, 4) is 0 Å². The van der Waals surface area contributed by atoms with Crippen molar-refractivity contribution in [1.82, 2.24) is 0 Å². The summed E-state index contributed by atoms with van der Waals surface area (Å²) in [6.45, 7) is 3.26.